The molecule has 9 heteroatoms. The SMILES string of the molecule is Cc1cc(Cl)c(Oc2cccc3c2C=C(C(=O)O)C(Cl)(C(F)(F)F)O3)cc1C. The first kappa shape index (κ1) is 20.4. The molecular formula is C19H13Cl2F3O4. The average Bonchev–Trinajstić information content (AvgIpc) is 2.58. The van der Waals surface area contributed by atoms with E-state index in [0.717, 1.165) is 17.2 Å². The van der Waals surface area contributed by atoms with Crippen LogP contribution in [0.15, 0.2) is 35.9 Å². The Labute approximate surface area is 168 Å². The van der Waals surface area contributed by atoms with Crippen LogP contribution in [0.4, 0.5) is 13.2 Å². The van der Waals surface area contributed by atoms with E-state index in [0.29, 0.717) is 5.02 Å². The maximum Gasteiger partial charge on any atom is 0.448 e. The molecule has 0 fully saturated rings. The van der Waals surface area contributed by atoms with Gasteiger partial charge >= 0.3 is 17.2 Å². The van der Waals surface area contributed by atoms with Crippen molar-refractivity contribution >= 4 is 35.2 Å². The van der Waals surface area contributed by atoms with Crippen molar-refractivity contribution in [3.05, 3.63) is 57.6 Å². The molecule has 1 atom stereocenters. The molecule has 1 aliphatic heterocycles. The lowest BCUT2D eigenvalue weighted by Crippen LogP contribution is -2.50. The second-order valence-electron chi connectivity index (χ2n) is 6.20. The fraction of sp³-hybridized carbons (Fsp3) is 0.211. The van der Waals surface area contributed by atoms with Crippen molar-refractivity contribution < 1.29 is 32.5 Å². The van der Waals surface area contributed by atoms with Gasteiger partial charge in [-0.05, 0) is 55.3 Å². The lowest BCUT2D eigenvalue weighted by Gasteiger charge is -2.34. The topological polar surface area (TPSA) is 55.8 Å². The number of fused-ring (bicyclic) bond motifs is 1. The van der Waals surface area contributed by atoms with Gasteiger partial charge in [-0.2, -0.15) is 13.2 Å². The summed E-state index contributed by atoms with van der Waals surface area (Å²) in [5.41, 5.74) is 0.658. The maximum absolute atomic E-state index is 13.4. The number of carboxylic acids is 1. The molecule has 1 heterocycles. The van der Waals surface area contributed by atoms with Gasteiger partial charge in [0, 0.05) is 0 Å². The van der Waals surface area contributed by atoms with Crippen molar-refractivity contribution in [1.82, 2.24) is 0 Å². The molecule has 4 nitrogen and oxygen atoms in total. The Morgan fingerprint density at radius 3 is 2.43 bits per heavy atom. The van der Waals surface area contributed by atoms with Gasteiger partial charge < -0.3 is 14.6 Å². The highest BCUT2D eigenvalue weighted by Gasteiger charge is 2.62. The zero-order valence-electron chi connectivity index (χ0n) is 14.5. The minimum Gasteiger partial charge on any atom is -0.478 e. The lowest BCUT2D eigenvalue weighted by molar-refractivity contribution is -0.204. The van der Waals surface area contributed by atoms with Gasteiger partial charge in [0.05, 0.1) is 10.6 Å². The molecule has 0 aliphatic carbocycles. The Hall–Kier alpha value is -2.38. The zero-order chi connectivity index (χ0) is 20.9. The van der Waals surface area contributed by atoms with Gasteiger partial charge in [-0.1, -0.05) is 29.3 Å². The van der Waals surface area contributed by atoms with Gasteiger partial charge in [0.25, 0.3) is 0 Å². The fourth-order valence-corrected chi connectivity index (χ4v) is 3.12. The van der Waals surface area contributed by atoms with E-state index < -0.39 is 22.8 Å². The molecule has 0 spiro atoms. The van der Waals surface area contributed by atoms with E-state index in [1.807, 2.05) is 13.8 Å². The lowest BCUT2D eigenvalue weighted by atomic mass is 10.00. The number of hydrogen-bond donors (Lipinski definition) is 1. The number of aliphatic carboxylic acids is 1. The Morgan fingerprint density at radius 2 is 1.82 bits per heavy atom. The van der Waals surface area contributed by atoms with Crippen LogP contribution in [0.2, 0.25) is 5.02 Å². The van der Waals surface area contributed by atoms with Crippen LogP contribution in [-0.4, -0.2) is 22.3 Å². The summed E-state index contributed by atoms with van der Waals surface area (Å²) in [6.07, 6.45) is -4.36. The number of hydrogen-bond acceptors (Lipinski definition) is 3. The highest BCUT2D eigenvalue weighted by Crippen LogP contribution is 2.50. The first-order valence-corrected chi connectivity index (χ1v) is 8.67. The molecule has 0 amide bonds. The number of aryl methyl sites for hydroxylation is 2. The van der Waals surface area contributed by atoms with Crippen molar-refractivity contribution in [2.45, 2.75) is 25.1 Å². The monoisotopic (exact) mass is 432 g/mol. The molecular weight excluding hydrogens is 420 g/mol. The van der Waals surface area contributed by atoms with Gasteiger partial charge in [0.2, 0.25) is 0 Å². The molecule has 3 rings (SSSR count). The summed E-state index contributed by atoms with van der Waals surface area (Å²) in [6, 6.07) is 7.45. The third-order valence-corrected chi connectivity index (χ3v) is 5.07. The highest BCUT2D eigenvalue weighted by molar-refractivity contribution is 6.32. The summed E-state index contributed by atoms with van der Waals surface area (Å²) in [5.74, 6) is -1.80. The second kappa shape index (κ2) is 6.90. The van der Waals surface area contributed by atoms with E-state index in [9.17, 15) is 23.1 Å². The average molecular weight is 433 g/mol. The Morgan fingerprint density at radius 1 is 1.18 bits per heavy atom. The summed E-state index contributed by atoms with van der Waals surface area (Å²) in [6.45, 7) is 3.71. The first-order valence-electron chi connectivity index (χ1n) is 7.92. The predicted octanol–water partition coefficient (Wildman–Crippen LogP) is 6.11. The third-order valence-electron chi connectivity index (χ3n) is 4.27. The van der Waals surface area contributed by atoms with Crippen molar-refractivity contribution in [3.63, 3.8) is 0 Å². The van der Waals surface area contributed by atoms with Crippen molar-refractivity contribution in [2.75, 3.05) is 0 Å². The van der Waals surface area contributed by atoms with Crippen LogP contribution in [0.5, 0.6) is 17.2 Å². The number of ether oxygens (including phenoxy) is 2. The van der Waals surface area contributed by atoms with Crippen molar-refractivity contribution in [2.24, 2.45) is 0 Å². The number of carboxylic acid groups (broad SMARTS) is 1. The fourth-order valence-electron chi connectivity index (χ4n) is 2.65. The van der Waals surface area contributed by atoms with E-state index in [-0.39, 0.29) is 22.8 Å². The standard InChI is InChI=1S/C19H13Cl2F3O4/c1-9-6-13(20)16(7-10(9)2)27-14-4-3-5-15-11(14)8-12(17(25)26)18(21,28-15)19(22,23)24/h3-8H,1-2H3,(H,25,26). The molecule has 1 unspecified atom stereocenters. The van der Waals surface area contributed by atoms with Crippen LogP contribution in [-0.2, 0) is 4.79 Å². The molecule has 0 bridgehead atoms. The van der Waals surface area contributed by atoms with Gasteiger partial charge in [-0.25, -0.2) is 4.79 Å². The Bertz CT molecular complexity index is 1000. The number of benzene rings is 2. The quantitative estimate of drug-likeness (QED) is 0.594. The highest BCUT2D eigenvalue weighted by atomic mass is 35.5. The van der Waals surface area contributed by atoms with Crippen molar-refractivity contribution in [3.8, 4) is 17.2 Å². The Kier molecular flexibility index (Phi) is 5.02. The van der Waals surface area contributed by atoms with E-state index in [2.05, 4.69) is 0 Å². The van der Waals surface area contributed by atoms with E-state index in [4.69, 9.17) is 32.7 Å². The number of rotatable bonds is 3. The summed E-state index contributed by atoms with van der Waals surface area (Å²) in [7, 11) is 0. The van der Waals surface area contributed by atoms with Crippen LogP contribution in [0, 0.1) is 13.8 Å². The van der Waals surface area contributed by atoms with Crippen LogP contribution < -0.4 is 9.47 Å². The van der Waals surface area contributed by atoms with Gasteiger partial charge in [0.15, 0.2) is 0 Å². The molecule has 1 aliphatic rings. The maximum atomic E-state index is 13.4. The largest absolute Gasteiger partial charge is 0.478 e. The predicted molar refractivity (Wildman–Crippen MR) is 98.3 cm³/mol. The normalized spacial score (nSPS) is 18.8. The molecule has 0 saturated carbocycles. The van der Waals surface area contributed by atoms with Gasteiger partial charge in [0.1, 0.15) is 22.8 Å². The smallest absolute Gasteiger partial charge is 0.448 e. The number of carbonyl (C=O) groups is 1. The molecule has 1 N–H and O–H groups in total. The molecule has 148 valence electrons. The van der Waals surface area contributed by atoms with E-state index in [1.165, 1.54) is 18.2 Å². The van der Waals surface area contributed by atoms with Crippen LogP contribution in [0.1, 0.15) is 16.7 Å². The molecule has 2 aromatic carbocycles. The summed E-state index contributed by atoms with van der Waals surface area (Å²) in [4.78, 5) is 11.4. The molecule has 0 radical (unpaired) electrons. The third kappa shape index (κ3) is 3.40. The van der Waals surface area contributed by atoms with Gasteiger partial charge in [-0.3, -0.25) is 0 Å². The van der Waals surface area contributed by atoms with Gasteiger partial charge in [-0.15, -0.1) is 0 Å². The minimum absolute atomic E-state index is 0.00900. The summed E-state index contributed by atoms with van der Waals surface area (Å²) >= 11 is 11.7. The van der Waals surface area contributed by atoms with Crippen LogP contribution in [0.3, 0.4) is 0 Å². The van der Waals surface area contributed by atoms with Crippen molar-refractivity contribution in [1.29, 1.82) is 0 Å². The summed E-state index contributed by atoms with van der Waals surface area (Å²) in [5, 5.41) is 6.04. The zero-order valence-corrected chi connectivity index (χ0v) is 16.0. The first-order chi connectivity index (χ1) is 12.9. The van der Waals surface area contributed by atoms with E-state index >= 15 is 0 Å². The minimum atomic E-state index is -5.16. The second-order valence-corrected chi connectivity index (χ2v) is 7.13. The number of halogens is 5. The number of alkyl halides is 4. The van der Waals surface area contributed by atoms with Crippen LogP contribution >= 0.6 is 23.2 Å². The molecule has 0 aromatic heterocycles. The molecule has 0 saturated heterocycles. The molecule has 28 heavy (non-hydrogen) atoms. The van der Waals surface area contributed by atoms with E-state index in [1.54, 1.807) is 12.1 Å². The summed E-state index contributed by atoms with van der Waals surface area (Å²) < 4.78 is 50.8. The molecule has 2 aromatic rings. The van der Waals surface area contributed by atoms with Crippen LogP contribution in [0.25, 0.3) is 6.08 Å². The Balaban J connectivity index is 2.12.